The van der Waals surface area contributed by atoms with Crippen LogP contribution in [0.4, 0.5) is 0 Å². The molecule has 0 fully saturated rings. The summed E-state index contributed by atoms with van der Waals surface area (Å²) in [4.78, 5) is 0. The van der Waals surface area contributed by atoms with Crippen molar-refractivity contribution >= 4 is 69.2 Å². The molecule has 0 aromatic heterocycles. The molecular weight excluding hydrogens is 638 g/mol. The van der Waals surface area contributed by atoms with Gasteiger partial charge in [0, 0.05) is 0 Å². The van der Waals surface area contributed by atoms with Crippen LogP contribution in [-0.4, -0.2) is 0 Å². The Morgan fingerprint density at radius 3 is 0.820 bits per heavy atom. The van der Waals surface area contributed by atoms with E-state index in [9.17, 15) is 0 Å². The van der Waals surface area contributed by atoms with Crippen molar-refractivity contribution in [1.82, 2.24) is 0 Å². The number of hydrogen-bond acceptors (Lipinski definition) is 0. The molecule has 2 heteroatoms. The van der Waals surface area contributed by atoms with Crippen molar-refractivity contribution in [2.75, 3.05) is 0 Å². The summed E-state index contributed by atoms with van der Waals surface area (Å²) < 4.78 is 0. The predicted octanol–water partition coefficient (Wildman–Crippen LogP) is 11.2. The molecule has 246 valence electrons. The lowest BCUT2D eigenvalue weighted by atomic mass is 9.93. The molecule has 8 aromatic rings. The van der Waals surface area contributed by atoms with Crippen LogP contribution in [0.5, 0.6) is 0 Å². The van der Waals surface area contributed by atoms with Gasteiger partial charge in [-0.1, -0.05) is 222 Å². The van der Waals surface area contributed by atoms with Crippen LogP contribution in [0.25, 0.3) is 32.7 Å². The second kappa shape index (κ2) is 17.2. The Bertz CT molecular complexity index is 2000. The Labute approximate surface area is 301 Å². The minimum absolute atomic E-state index is 0.852. The van der Waals surface area contributed by atoms with Gasteiger partial charge in [0.25, 0.3) is 0 Å². The molecule has 0 heterocycles. The maximum Gasteiger partial charge on any atom is -0.000884 e. The first-order chi connectivity index (χ1) is 24.9. The third kappa shape index (κ3) is 7.20. The molecule has 0 saturated carbocycles. The second-order valence-corrected chi connectivity index (χ2v) is 15.7. The van der Waals surface area contributed by atoms with Crippen LogP contribution in [0, 0.1) is 0 Å². The minimum Gasteiger partial charge on any atom is -0.0683 e. The van der Waals surface area contributed by atoms with E-state index in [2.05, 4.69) is 194 Å². The molecule has 0 unspecified atom stereocenters. The minimum atomic E-state index is -0.852. The molecule has 8 aromatic carbocycles. The number of rotatable bonds is 7. The summed E-state index contributed by atoms with van der Waals surface area (Å²) in [7, 11) is -1.70. The average molecular weight is 683 g/mol. The van der Waals surface area contributed by atoms with Gasteiger partial charge in [-0.3, -0.25) is 0 Å². The zero-order valence-electron chi connectivity index (χ0n) is 29.4. The van der Waals surface area contributed by atoms with Gasteiger partial charge in [-0.2, -0.15) is 0 Å². The van der Waals surface area contributed by atoms with Crippen molar-refractivity contribution in [3.8, 4) is 11.1 Å². The summed E-state index contributed by atoms with van der Waals surface area (Å²) in [5.41, 5.74) is 2.70. The molecule has 0 atom stereocenters. The van der Waals surface area contributed by atoms with Crippen molar-refractivity contribution in [2.24, 2.45) is 0 Å². The van der Waals surface area contributed by atoms with E-state index in [0.717, 1.165) is 0 Å². The highest BCUT2D eigenvalue weighted by molar-refractivity contribution is 7.80. The Morgan fingerprint density at radius 1 is 0.260 bits per heavy atom. The van der Waals surface area contributed by atoms with Gasteiger partial charge in [0.05, 0.1) is 0 Å². The molecule has 0 aliphatic carbocycles. The third-order valence-corrected chi connectivity index (χ3v) is 13.6. The highest BCUT2D eigenvalue weighted by atomic mass is 31.1. The summed E-state index contributed by atoms with van der Waals surface area (Å²) >= 11 is 0. The van der Waals surface area contributed by atoms with Gasteiger partial charge in [-0.05, 0) is 80.3 Å². The maximum absolute atomic E-state index is 2.42. The number of benzene rings is 8. The standard InChI is InChI=1S/C44H32P2.2C2H6/c1-5-19-35(20-6-1)45(36-21-7-2-8-22-36)41-31-29-33-17-13-15-27-39(33)43(41)44-40-28-16-14-18-34(40)30-32-42(44)46(37-23-9-3-10-24-37)38-25-11-4-12-26-38;2*1-2/h1-32H;2*1-2H3. The summed E-state index contributed by atoms with van der Waals surface area (Å²) in [6.45, 7) is 8.00. The SMILES string of the molecule is CC.CC.c1ccc(P(c2ccccc2)c2ccc3ccccc3c2-c2c(P(c3ccccc3)c3ccccc3)ccc3ccccc23)cc1. The van der Waals surface area contributed by atoms with Crippen molar-refractivity contribution in [3.63, 3.8) is 0 Å². The van der Waals surface area contributed by atoms with E-state index in [0.29, 0.717) is 0 Å². The third-order valence-electron chi connectivity index (χ3n) is 8.60. The fourth-order valence-corrected chi connectivity index (χ4v) is 11.5. The Morgan fingerprint density at radius 2 is 0.520 bits per heavy atom. The lowest BCUT2D eigenvalue weighted by Crippen LogP contribution is -2.26. The highest BCUT2D eigenvalue weighted by Gasteiger charge is 2.27. The molecule has 8 rings (SSSR count). The van der Waals surface area contributed by atoms with E-state index in [1.165, 1.54) is 64.5 Å². The molecule has 0 N–H and O–H groups in total. The van der Waals surface area contributed by atoms with Crippen molar-refractivity contribution in [2.45, 2.75) is 27.7 Å². The summed E-state index contributed by atoms with van der Waals surface area (Å²) in [6.07, 6.45) is 0. The maximum atomic E-state index is 2.42. The first-order valence-electron chi connectivity index (χ1n) is 17.7. The topological polar surface area (TPSA) is 0 Å². The summed E-state index contributed by atoms with van der Waals surface area (Å²) in [5, 5.41) is 13.3. The van der Waals surface area contributed by atoms with Gasteiger partial charge >= 0.3 is 0 Å². The predicted molar refractivity (Wildman–Crippen MR) is 227 cm³/mol. The van der Waals surface area contributed by atoms with Crippen molar-refractivity contribution in [1.29, 1.82) is 0 Å². The molecule has 0 aliphatic rings. The van der Waals surface area contributed by atoms with Crippen molar-refractivity contribution < 1.29 is 0 Å². The molecular formula is C48H44P2. The number of hydrogen-bond donors (Lipinski definition) is 0. The molecule has 0 radical (unpaired) electrons. The monoisotopic (exact) mass is 682 g/mol. The van der Waals surface area contributed by atoms with Crippen molar-refractivity contribution in [3.05, 3.63) is 194 Å². The van der Waals surface area contributed by atoms with Gasteiger partial charge in [0.2, 0.25) is 0 Å². The van der Waals surface area contributed by atoms with Crippen LogP contribution in [-0.2, 0) is 0 Å². The molecule has 0 nitrogen and oxygen atoms in total. The van der Waals surface area contributed by atoms with E-state index in [-0.39, 0.29) is 0 Å². The zero-order chi connectivity index (χ0) is 34.7. The van der Waals surface area contributed by atoms with Crippen LogP contribution in [0.3, 0.4) is 0 Å². The van der Waals surface area contributed by atoms with Gasteiger partial charge in [0.15, 0.2) is 0 Å². The molecule has 0 spiro atoms. The Kier molecular flexibility index (Phi) is 12.0. The largest absolute Gasteiger partial charge is 0.0683 e. The van der Waals surface area contributed by atoms with E-state index in [1.54, 1.807) is 0 Å². The quantitative estimate of drug-likeness (QED) is 0.147. The highest BCUT2D eigenvalue weighted by Crippen LogP contribution is 2.45. The normalized spacial score (nSPS) is 10.8. The van der Waals surface area contributed by atoms with E-state index >= 15 is 0 Å². The molecule has 0 bridgehead atoms. The van der Waals surface area contributed by atoms with E-state index < -0.39 is 15.8 Å². The van der Waals surface area contributed by atoms with E-state index in [1.807, 2.05) is 27.7 Å². The van der Waals surface area contributed by atoms with Gasteiger partial charge in [-0.15, -0.1) is 0 Å². The first kappa shape index (κ1) is 35.0. The lowest BCUT2D eigenvalue weighted by molar-refractivity contribution is 1.50. The van der Waals surface area contributed by atoms with E-state index in [4.69, 9.17) is 0 Å². The van der Waals surface area contributed by atoms with Gasteiger partial charge in [-0.25, -0.2) is 0 Å². The summed E-state index contributed by atoms with van der Waals surface area (Å²) in [6, 6.07) is 71.8. The molecule has 0 amide bonds. The van der Waals surface area contributed by atoms with Crippen LogP contribution in [0.1, 0.15) is 27.7 Å². The van der Waals surface area contributed by atoms with Crippen LogP contribution >= 0.6 is 15.8 Å². The molecule has 0 aliphatic heterocycles. The summed E-state index contributed by atoms with van der Waals surface area (Å²) in [5.74, 6) is 0. The van der Waals surface area contributed by atoms with Gasteiger partial charge in [0.1, 0.15) is 0 Å². The average Bonchev–Trinajstić information content (AvgIpc) is 3.21. The fourth-order valence-electron chi connectivity index (χ4n) is 6.58. The molecule has 50 heavy (non-hydrogen) atoms. The van der Waals surface area contributed by atoms with Crippen LogP contribution < -0.4 is 31.8 Å². The number of fused-ring (bicyclic) bond motifs is 2. The fraction of sp³-hybridized carbons (Fsp3) is 0.0833. The Balaban J connectivity index is 0.00000104. The smallest absolute Gasteiger partial charge is 0.000884 e. The van der Waals surface area contributed by atoms with Crippen LogP contribution in [0.15, 0.2) is 194 Å². The van der Waals surface area contributed by atoms with Crippen LogP contribution in [0.2, 0.25) is 0 Å². The lowest BCUT2D eigenvalue weighted by Gasteiger charge is -2.28. The molecule has 0 saturated heterocycles. The van der Waals surface area contributed by atoms with Gasteiger partial charge < -0.3 is 0 Å². The second-order valence-electron chi connectivity index (χ2n) is 11.4. The first-order valence-corrected chi connectivity index (χ1v) is 20.4. The Hall–Kier alpha value is -4.86. The zero-order valence-corrected chi connectivity index (χ0v) is 31.2.